The summed E-state index contributed by atoms with van der Waals surface area (Å²) in [6.07, 6.45) is 3.39. The minimum atomic E-state index is 0.270. The van der Waals surface area contributed by atoms with E-state index in [1.54, 1.807) is 12.5 Å². The monoisotopic (exact) mass is 332 g/mol. The molecule has 0 spiro atoms. The highest BCUT2D eigenvalue weighted by atomic mass is 15.2. The Bertz CT molecular complexity index is 985. The molecule has 0 saturated heterocycles. The second-order valence-electron chi connectivity index (χ2n) is 5.63. The summed E-state index contributed by atoms with van der Waals surface area (Å²) in [7, 11) is 0. The molecule has 0 fully saturated rings. The second-order valence-corrected chi connectivity index (χ2v) is 5.63. The molecule has 126 valence electrons. The van der Waals surface area contributed by atoms with E-state index >= 15 is 0 Å². The van der Waals surface area contributed by atoms with Gasteiger partial charge in [-0.15, -0.1) is 0 Å². The third-order valence-electron chi connectivity index (χ3n) is 4.12. The van der Waals surface area contributed by atoms with Crippen molar-refractivity contribution in [2.45, 2.75) is 20.8 Å². The van der Waals surface area contributed by atoms with E-state index in [2.05, 4.69) is 34.8 Å². The van der Waals surface area contributed by atoms with Crippen LogP contribution in [-0.2, 0) is 0 Å². The molecule has 0 atom stereocenters. The Morgan fingerprint density at radius 3 is 2.52 bits per heavy atom. The number of nitriles is 1. The van der Waals surface area contributed by atoms with Crippen LogP contribution in [0.5, 0.6) is 0 Å². The Morgan fingerprint density at radius 2 is 1.88 bits per heavy atom. The standard InChI is InChI=1S/C19H20N6/c1-4-24(5-2)18-14(3)12-21-16(11-20)17-19(23-18)25(13-22-17)15-9-7-6-8-10-15/h6-10,12-13H,4-5H2,1-3H3/b14-12?,17-16?,18-14+,21-12+,21-16?,23-18?,23-19+. The zero-order valence-electron chi connectivity index (χ0n) is 14.6. The molecule has 1 aromatic heterocycles. The van der Waals surface area contributed by atoms with Crippen LogP contribution in [0.1, 0.15) is 20.8 Å². The van der Waals surface area contributed by atoms with Crippen LogP contribution in [-0.4, -0.2) is 33.8 Å². The van der Waals surface area contributed by atoms with Crippen molar-refractivity contribution >= 4 is 11.9 Å². The van der Waals surface area contributed by atoms with Crippen LogP contribution in [0, 0.1) is 11.3 Å². The van der Waals surface area contributed by atoms with Crippen molar-refractivity contribution in [3.8, 4) is 11.8 Å². The van der Waals surface area contributed by atoms with E-state index in [1.807, 2.05) is 41.8 Å². The molecule has 0 bridgehead atoms. The Balaban J connectivity index is 2.37. The number of para-hydroxylation sites is 1. The average molecular weight is 332 g/mol. The molecule has 1 aromatic carbocycles. The van der Waals surface area contributed by atoms with Crippen LogP contribution >= 0.6 is 0 Å². The number of imidazole rings is 1. The van der Waals surface area contributed by atoms with Crippen LogP contribution < -0.4 is 10.8 Å². The fourth-order valence-electron chi connectivity index (χ4n) is 2.79. The van der Waals surface area contributed by atoms with E-state index in [-0.39, 0.29) is 5.70 Å². The lowest BCUT2D eigenvalue weighted by molar-refractivity contribution is 0.373. The molecular formula is C19H20N6. The molecule has 3 rings (SSSR count). The topological polar surface area (TPSA) is 69.6 Å². The normalized spacial score (nSPS) is 19.1. The van der Waals surface area contributed by atoms with Gasteiger partial charge in [0.15, 0.2) is 11.2 Å². The number of allylic oxidation sites excluding steroid dienone is 1. The number of aromatic nitrogens is 2. The van der Waals surface area contributed by atoms with Gasteiger partial charge in [0.25, 0.3) is 0 Å². The summed E-state index contributed by atoms with van der Waals surface area (Å²) in [6.45, 7) is 7.83. The van der Waals surface area contributed by atoms with Crippen LogP contribution in [0.2, 0.25) is 0 Å². The summed E-state index contributed by atoms with van der Waals surface area (Å²) >= 11 is 0. The molecule has 0 amide bonds. The molecule has 0 unspecified atom stereocenters. The van der Waals surface area contributed by atoms with E-state index in [0.717, 1.165) is 30.2 Å². The van der Waals surface area contributed by atoms with Crippen molar-refractivity contribution in [3.05, 3.63) is 58.9 Å². The Kier molecular flexibility index (Phi) is 4.75. The van der Waals surface area contributed by atoms with Crippen LogP contribution in [0.4, 0.5) is 0 Å². The minimum Gasteiger partial charge on any atom is -0.357 e. The molecule has 2 aromatic rings. The van der Waals surface area contributed by atoms with E-state index in [0.29, 0.717) is 10.8 Å². The third-order valence-corrected chi connectivity index (χ3v) is 4.12. The zero-order chi connectivity index (χ0) is 17.8. The first-order chi connectivity index (χ1) is 12.2. The predicted octanol–water partition coefficient (Wildman–Crippen LogP) is 1.78. The highest BCUT2D eigenvalue weighted by Crippen LogP contribution is 2.12. The van der Waals surface area contributed by atoms with Gasteiger partial charge in [0.05, 0.1) is 0 Å². The van der Waals surface area contributed by atoms with Gasteiger partial charge in [-0.25, -0.2) is 15.0 Å². The van der Waals surface area contributed by atoms with Crippen molar-refractivity contribution in [1.29, 1.82) is 5.26 Å². The highest BCUT2D eigenvalue weighted by Gasteiger charge is 2.14. The summed E-state index contributed by atoms with van der Waals surface area (Å²) < 4.78 is 1.89. The summed E-state index contributed by atoms with van der Waals surface area (Å²) in [5.74, 6) is 0.852. The molecule has 6 nitrogen and oxygen atoms in total. The molecule has 2 heterocycles. The number of aliphatic imine (C=N–C) groups is 1. The number of hydrogen-bond acceptors (Lipinski definition) is 5. The largest absolute Gasteiger partial charge is 0.357 e. The van der Waals surface area contributed by atoms with Crippen molar-refractivity contribution in [3.63, 3.8) is 0 Å². The lowest BCUT2D eigenvalue weighted by Gasteiger charge is -2.22. The van der Waals surface area contributed by atoms with Gasteiger partial charge in [0.2, 0.25) is 0 Å². The number of hydrogen-bond donors (Lipinski definition) is 0. The molecular weight excluding hydrogens is 312 g/mol. The van der Waals surface area contributed by atoms with Gasteiger partial charge in [0.1, 0.15) is 23.6 Å². The van der Waals surface area contributed by atoms with Gasteiger partial charge in [-0.05, 0) is 32.9 Å². The molecule has 1 aliphatic heterocycles. The number of nitrogens with zero attached hydrogens (tertiary/aromatic N) is 6. The van der Waals surface area contributed by atoms with Gasteiger partial charge in [-0.2, -0.15) is 5.26 Å². The Morgan fingerprint density at radius 1 is 1.16 bits per heavy atom. The molecule has 6 heteroatoms. The molecule has 0 N–H and O–H groups in total. The first-order valence-corrected chi connectivity index (χ1v) is 8.31. The SMILES string of the molecule is CCN(CC)C1=C(C)/C=N/C(C#N)=c2ncn(-c3ccccc3)\c2=N\1. The fraction of sp³-hybridized carbons (Fsp3) is 0.263. The third kappa shape index (κ3) is 3.09. The summed E-state index contributed by atoms with van der Waals surface area (Å²) in [6, 6.07) is 12.0. The van der Waals surface area contributed by atoms with Crippen molar-refractivity contribution in [2.24, 2.45) is 9.98 Å². The molecule has 25 heavy (non-hydrogen) atoms. The maximum atomic E-state index is 9.47. The maximum Gasteiger partial charge on any atom is 0.170 e. The van der Waals surface area contributed by atoms with Gasteiger partial charge < -0.3 is 4.90 Å². The van der Waals surface area contributed by atoms with Crippen molar-refractivity contribution < 1.29 is 0 Å². The summed E-state index contributed by atoms with van der Waals surface area (Å²) in [4.78, 5) is 15.8. The Hall–Kier alpha value is -3.20. The van der Waals surface area contributed by atoms with Gasteiger partial charge in [-0.3, -0.25) is 4.57 Å². The zero-order valence-corrected chi connectivity index (χ0v) is 14.6. The van der Waals surface area contributed by atoms with Crippen LogP contribution in [0.3, 0.4) is 0 Å². The van der Waals surface area contributed by atoms with Gasteiger partial charge in [-0.1, -0.05) is 18.2 Å². The lowest BCUT2D eigenvalue weighted by Crippen LogP contribution is -2.34. The summed E-state index contributed by atoms with van der Waals surface area (Å²) in [5, 5.41) is 9.97. The number of fused-ring (bicyclic) bond motifs is 1. The lowest BCUT2D eigenvalue weighted by atomic mass is 10.2. The van der Waals surface area contributed by atoms with E-state index in [4.69, 9.17) is 4.99 Å². The second kappa shape index (κ2) is 7.14. The van der Waals surface area contributed by atoms with Crippen LogP contribution in [0.15, 0.2) is 58.0 Å². The van der Waals surface area contributed by atoms with Crippen molar-refractivity contribution in [1.82, 2.24) is 14.5 Å². The molecule has 0 saturated carbocycles. The predicted molar refractivity (Wildman–Crippen MR) is 97.5 cm³/mol. The average Bonchev–Trinajstić information content (AvgIpc) is 3.05. The summed E-state index contributed by atoms with van der Waals surface area (Å²) in [5.41, 5.74) is 2.76. The Labute approximate surface area is 146 Å². The van der Waals surface area contributed by atoms with Gasteiger partial charge >= 0.3 is 0 Å². The highest BCUT2D eigenvalue weighted by molar-refractivity contribution is 5.84. The molecule has 0 radical (unpaired) electrons. The van der Waals surface area contributed by atoms with Gasteiger partial charge in [0, 0.05) is 30.6 Å². The fourth-order valence-corrected chi connectivity index (χ4v) is 2.79. The minimum absolute atomic E-state index is 0.270. The number of benzene rings is 1. The molecule has 0 aliphatic carbocycles. The molecule has 1 aliphatic rings. The van der Waals surface area contributed by atoms with Crippen molar-refractivity contribution in [2.75, 3.05) is 13.1 Å². The van der Waals surface area contributed by atoms with Crippen LogP contribution in [0.25, 0.3) is 11.4 Å². The smallest absolute Gasteiger partial charge is 0.170 e. The van der Waals surface area contributed by atoms with E-state index in [9.17, 15) is 5.26 Å². The first-order valence-electron chi connectivity index (χ1n) is 8.31. The first kappa shape index (κ1) is 16.7. The van der Waals surface area contributed by atoms with E-state index in [1.165, 1.54) is 0 Å². The maximum absolute atomic E-state index is 9.47. The quantitative estimate of drug-likeness (QED) is 0.857. The number of rotatable bonds is 4. The van der Waals surface area contributed by atoms with E-state index < -0.39 is 0 Å².